The second-order valence-electron chi connectivity index (χ2n) is 6.50. The molecule has 3 aliphatic rings. The average molecular weight is 315 g/mol. The Kier molecular flexibility index (Phi) is 4.66. The Morgan fingerprint density at radius 3 is 2.48 bits per heavy atom. The number of hydrogen-bond donors (Lipinski definition) is 0. The van der Waals surface area contributed by atoms with Gasteiger partial charge in [-0.2, -0.15) is 4.31 Å². The summed E-state index contributed by atoms with van der Waals surface area (Å²) in [5.74, 6) is 0.219. The summed E-state index contributed by atoms with van der Waals surface area (Å²) in [6.45, 7) is 1.66. The molecule has 3 fully saturated rings. The Labute approximate surface area is 127 Å². The van der Waals surface area contributed by atoms with E-state index in [4.69, 9.17) is 4.74 Å². The van der Waals surface area contributed by atoms with E-state index in [9.17, 15) is 13.2 Å². The fraction of sp³-hybridized carbons (Fsp3) is 0.933. The highest BCUT2D eigenvalue weighted by molar-refractivity contribution is 7.89. The lowest BCUT2D eigenvalue weighted by atomic mass is 9.82. The molecular formula is C15H25NO4S. The molecule has 3 rings (SSSR count). The van der Waals surface area contributed by atoms with Crippen molar-refractivity contribution in [1.29, 1.82) is 0 Å². The molecular weight excluding hydrogens is 290 g/mol. The minimum Gasteiger partial charge on any atom is -0.381 e. The first-order chi connectivity index (χ1) is 10.1. The van der Waals surface area contributed by atoms with E-state index in [0.717, 1.165) is 32.1 Å². The van der Waals surface area contributed by atoms with Gasteiger partial charge in [0.2, 0.25) is 10.0 Å². The molecule has 2 heterocycles. The number of nitrogens with zero attached hydrogens (tertiary/aromatic N) is 1. The number of ether oxygens (including phenoxy) is 1. The van der Waals surface area contributed by atoms with E-state index in [1.807, 2.05) is 0 Å². The summed E-state index contributed by atoms with van der Waals surface area (Å²) < 4.78 is 32.8. The zero-order valence-corrected chi connectivity index (χ0v) is 13.3. The molecule has 2 saturated heterocycles. The fourth-order valence-corrected chi connectivity index (χ4v) is 6.25. The quantitative estimate of drug-likeness (QED) is 0.795. The molecule has 1 saturated carbocycles. The van der Waals surface area contributed by atoms with Crippen LogP contribution >= 0.6 is 0 Å². The summed E-state index contributed by atoms with van der Waals surface area (Å²) in [6, 6.07) is -0.0781. The van der Waals surface area contributed by atoms with E-state index in [-0.39, 0.29) is 23.0 Å². The second kappa shape index (κ2) is 6.34. The van der Waals surface area contributed by atoms with Gasteiger partial charge in [0.05, 0.1) is 5.25 Å². The van der Waals surface area contributed by atoms with Crippen LogP contribution in [0.1, 0.15) is 51.4 Å². The molecule has 2 atom stereocenters. The monoisotopic (exact) mass is 315 g/mol. The Balaban J connectivity index is 1.77. The minimum absolute atomic E-state index is 0.0594. The van der Waals surface area contributed by atoms with E-state index in [1.165, 1.54) is 0 Å². The van der Waals surface area contributed by atoms with Gasteiger partial charge < -0.3 is 4.74 Å². The summed E-state index contributed by atoms with van der Waals surface area (Å²) in [4.78, 5) is 12.2. The van der Waals surface area contributed by atoms with Gasteiger partial charge in [-0.15, -0.1) is 0 Å². The van der Waals surface area contributed by atoms with E-state index >= 15 is 0 Å². The van der Waals surface area contributed by atoms with Crippen molar-refractivity contribution < 1.29 is 17.9 Å². The van der Waals surface area contributed by atoms with E-state index in [2.05, 4.69) is 0 Å². The van der Waals surface area contributed by atoms with Crippen LogP contribution in [0.3, 0.4) is 0 Å². The molecule has 0 N–H and O–H groups in total. The highest BCUT2D eigenvalue weighted by Gasteiger charge is 2.44. The Hall–Kier alpha value is -0.460. The number of Topliss-reactive ketones (excluding diaryl/α,β-unsaturated/α-hetero) is 1. The van der Waals surface area contributed by atoms with Crippen molar-refractivity contribution in [2.24, 2.45) is 5.92 Å². The zero-order valence-electron chi connectivity index (χ0n) is 12.5. The molecule has 0 amide bonds. The lowest BCUT2D eigenvalue weighted by molar-refractivity contribution is -0.126. The zero-order chi connectivity index (χ0) is 14.9. The van der Waals surface area contributed by atoms with Crippen LogP contribution in [0.5, 0.6) is 0 Å². The molecule has 0 aromatic carbocycles. The van der Waals surface area contributed by atoms with Gasteiger partial charge in [-0.1, -0.05) is 6.42 Å². The molecule has 21 heavy (non-hydrogen) atoms. The summed E-state index contributed by atoms with van der Waals surface area (Å²) in [5, 5.41) is -0.314. The van der Waals surface area contributed by atoms with Crippen molar-refractivity contribution in [2.45, 2.75) is 62.7 Å². The first kappa shape index (κ1) is 15.4. The number of carbonyl (C=O) groups excluding carboxylic acids is 1. The van der Waals surface area contributed by atoms with Crippen LogP contribution in [0.4, 0.5) is 0 Å². The lowest BCUT2D eigenvalue weighted by Gasteiger charge is -2.35. The molecule has 0 aromatic heterocycles. The highest BCUT2D eigenvalue weighted by Crippen LogP contribution is 2.36. The minimum atomic E-state index is -3.28. The average Bonchev–Trinajstić information content (AvgIpc) is 2.99. The molecule has 0 spiro atoms. The van der Waals surface area contributed by atoms with Gasteiger partial charge in [0.15, 0.2) is 0 Å². The van der Waals surface area contributed by atoms with Crippen LogP contribution in [0.2, 0.25) is 0 Å². The molecule has 0 aromatic rings. The van der Waals surface area contributed by atoms with Crippen molar-refractivity contribution in [3.8, 4) is 0 Å². The third-order valence-electron chi connectivity index (χ3n) is 5.23. The van der Waals surface area contributed by atoms with Crippen molar-refractivity contribution in [3.05, 3.63) is 0 Å². The summed E-state index contributed by atoms with van der Waals surface area (Å²) in [7, 11) is -3.28. The van der Waals surface area contributed by atoms with E-state index < -0.39 is 10.0 Å². The Bertz CT molecular complexity index is 484. The van der Waals surface area contributed by atoms with Gasteiger partial charge in [0, 0.05) is 38.1 Å². The number of hydrogen-bond acceptors (Lipinski definition) is 4. The maximum absolute atomic E-state index is 12.9. The van der Waals surface area contributed by atoms with Gasteiger partial charge >= 0.3 is 0 Å². The predicted octanol–water partition coefficient (Wildman–Crippen LogP) is 1.72. The van der Waals surface area contributed by atoms with Crippen molar-refractivity contribution >= 4 is 15.8 Å². The summed E-state index contributed by atoms with van der Waals surface area (Å²) in [5.41, 5.74) is 0. The Morgan fingerprint density at radius 1 is 1.00 bits per heavy atom. The van der Waals surface area contributed by atoms with Crippen molar-refractivity contribution in [1.82, 2.24) is 4.31 Å². The van der Waals surface area contributed by atoms with E-state index in [1.54, 1.807) is 4.31 Å². The number of sulfonamides is 1. The third-order valence-corrected chi connectivity index (χ3v) is 7.65. The highest BCUT2D eigenvalue weighted by atomic mass is 32.2. The van der Waals surface area contributed by atoms with Gasteiger partial charge in [-0.3, -0.25) is 4.79 Å². The molecule has 0 bridgehead atoms. The SMILES string of the molecule is O=C1CCCCC1C1CCCN1S(=O)(=O)C1CCOCC1. The van der Waals surface area contributed by atoms with Crippen LogP contribution < -0.4 is 0 Å². The summed E-state index contributed by atoms with van der Waals surface area (Å²) >= 11 is 0. The van der Waals surface area contributed by atoms with Gasteiger partial charge in [-0.25, -0.2) is 8.42 Å². The second-order valence-corrected chi connectivity index (χ2v) is 8.66. The van der Waals surface area contributed by atoms with Crippen LogP contribution in [-0.4, -0.2) is 49.6 Å². The van der Waals surface area contributed by atoms with Crippen LogP contribution in [-0.2, 0) is 19.6 Å². The van der Waals surface area contributed by atoms with Gasteiger partial charge in [0.1, 0.15) is 5.78 Å². The molecule has 0 radical (unpaired) electrons. The molecule has 2 unspecified atom stereocenters. The fourth-order valence-electron chi connectivity index (χ4n) is 4.07. The van der Waals surface area contributed by atoms with Crippen molar-refractivity contribution in [2.75, 3.05) is 19.8 Å². The predicted molar refractivity (Wildman–Crippen MR) is 79.5 cm³/mol. The first-order valence-electron chi connectivity index (χ1n) is 8.22. The standard InChI is InChI=1S/C15H25NO4S/c17-15-6-2-1-4-13(15)14-5-3-9-16(14)21(18,19)12-7-10-20-11-8-12/h12-14H,1-11H2. The molecule has 6 heteroatoms. The third kappa shape index (κ3) is 3.03. The first-order valence-corrected chi connectivity index (χ1v) is 9.72. The van der Waals surface area contributed by atoms with E-state index in [0.29, 0.717) is 39.0 Å². The molecule has 5 nitrogen and oxygen atoms in total. The van der Waals surface area contributed by atoms with Gasteiger partial charge in [0.25, 0.3) is 0 Å². The molecule has 1 aliphatic carbocycles. The number of ketones is 1. The van der Waals surface area contributed by atoms with Crippen molar-refractivity contribution in [3.63, 3.8) is 0 Å². The van der Waals surface area contributed by atoms with Crippen LogP contribution in [0, 0.1) is 5.92 Å². The molecule has 2 aliphatic heterocycles. The lowest BCUT2D eigenvalue weighted by Crippen LogP contribution is -2.48. The Morgan fingerprint density at radius 2 is 1.76 bits per heavy atom. The maximum atomic E-state index is 12.9. The number of carbonyl (C=O) groups is 1. The normalized spacial score (nSPS) is 33.4. The maximum Gasteiger partial charge on any atom is 0.217 e. The van der Waals surface area contributed by atoms with Gasteiger partial charge in [-0.05, 0) is 38.5 Å². The van der Waals surface area contributed by atoms with Crippen LogP contribution in [0.15, 0.2) is 0 Å². The molecule has 120 valence electrons. The van der Waals surface area contributed by atoms with Crippen LogP contribution in [0.25, 0.3) is 0 Å². The summed E-state index contributed by atoms with van der Waals surface area (Å²) in [6.07, 6.45) is 6.42. The number of rotatable bonds is 3. The topological polar surface area (TPSA) is 63.7 Å². The smallest absolute Gasteiger partial charge is 0.217 e. The largest absolute Gasteiger partial charge is 0.381 e.